The summed E-state index contributed by atoms with van der Waals surface area (Å²) < 4.78 is 11.1. The highest BCUT2D eigenvalue weighted by atomic mass is 16.5. The maximum Gasteiger partial charge on any atom is 0.260 e. The average molecular weight is 426 g/mol. The minimum Gasteiger partial charge on any atom is -0.477 e. The fourth-order valence-corrected chi connectivity index (χ4v) is 4.19. The summed E-state index contributed by atoms with van der Waals surface area (Å²) in [5.41, 5.74) is 1.04. The van der Waals surface area contributed by atoms with Crippen molar-refractivity contribution in [3.63, 3.8) is 0 Å². The van der Waals surface area contributed by atoms with E-state index in [1.807, 2.05) is 18.2 Å². The molecule has 0 atom stereocenters. The molecule has 0 bridgehead atoms. The van der Waals surface area contributed by atoms with Crippen LogP contribution in [0, 0.1) is 0 Å². The summed E-state index contributed by atoms with van der Waals surface area (Å²) in [6, 6.07) is 11.8. The van der Waals surface area contributed by atoms with E-state index < -0.39 is 0 Å². The normalized spacial score (nSPS) is 18.1. The first-order valence-electron chi connectivity index (χ1n) is 11.2. The largest absolute Gasteiger partial charge is 0.477 e. The van der Waals surface area contributed by atoms with Crippen molar-refractivity contribution >= 4 is 5.91 Å². The van der Waals surface area contributed by atoms with E-state index in [0.717, 1.165) is 32.7 Å². The van der Waals surface area contributed by atoms with Crippen molar-refractivity contribution in [2.45, 2.75) is 32.4 Å². The van der Waals surface area contributed by atoms with Gasteiger partial charge in [-0.3, -0.25) is 19.4 Å². The lowest BCUT2D eigenvalue weighted by Gasteiger charge is -2.34. The second kappa shape index (κ2) is 10.6. The lowest BCUT2D eigenvalue weighted by atomic mass is 10.1. The molecular formula is C24H31N3O4. The zero-order valence-electron chi connectivity index (χ0n) is 18.0. The number of ether oxygens (including phenoxy) is 1. The van der Waals surface area contributed by atoms with Crippen molar-refractivity contribution in [3.8, 4) is 5.75 Å². The first-order chi connectivity index (χ1) is 15.2. The van der Waals surface area contributed by atoms with E-state index in [4.69, 9.17) is 9.15 Å². The Morgan fingerprint density at radius 1 is 0.903 bits per heavy atom. The van der Waals surface area contributed by atoms with Gasteiger partial charge in [0.1, 0.15) is 12.0 Å². The molecular weight excluding hydrogens is 394 g/mol. The topological polar surface area (TPSA) is 66.2 Å². The third-order valence-electron chi connectivity index (χ3n) is 6.01. The number of amides is 1. The number of carbonyl (C=O) groups is 1. The fourth-order valence-electron chi connectivity index (χ4n) is 4.19. The first-order valence-corrected chi connectivity index (χ1v) is 11.2. The molecule has 3 heterocycles. The number of rotatable bonds is 7. The number of piperazine rings is 1. The first kappa shape index (κ1) is 21.6. The molecule has 2 saturated heterocycles. The van der Waals surface area contributed by atoms with Gasteiger partial charge in [0.15, 0.2) is 6.61 Å². The lowest BCUT2D eigenvalue weighted by molar-refractivity contribution is -0.135. The molecule has 1 aromatic carbocycles. The van der Waals surface area contributed by atoms with E-state index in [2.05, 4.69) is 21.9 Å². The molecule has 0 aliphatic carbocycles. The summed E-state index contributed by atoms with van der Waals surface area (Å²) in [6.07, 6.45) is 4.98. The molecule has 2 aliphatic rings. The molecule has 0 saturated carbocycles. The van der Waals surface area contributed by atoms with Crippen LogP contribution >= 0.6 is 0 Å². The maximum atomic E-state index is 12.5. The predicted molar refractivity (Wildman–Crippen MR) is 118 cm³/mol. The van der Waals surface area contributed by atoms with Crippen molar-refractivity contribution in [2.75, 3.05) is 45.9 Å². The van der Waals surface area contributed by atoms with Gasteiger partial charge in [-0.25, -0.2) is 0 Å². The number of benzene rings is 1. The van der Waals surface area contributed by atoms with E-state index in [-0.39, 0.29) is 23.7 Å². The highest BCUT2D eigenvalue weighted by Gasteiger charge is 2.22. The molecule has 0 spiro atoms. The van der Waals surface area contributed by atoms with Crippen LogP contribution in [0.4, 0.5) is 0 Å². The fraction of sp³-hybridized carbons (Fsp3) is 0.500. The summed E-state index contributed by atoms with van der Waals surface area (Å²) in [4.78, 5) is 31.3. The summed E-state index contributed by atoms with van der Waals surface area (Å²) in [6.45, 7) is 6.45. The van der Waals surface area contributed by atoms with Gasteiger partial charge in [-0.05, 0) is 31.5 Å². The quantitative estimate of drug-likeness (QED) is 0.679. The van der Waals surface area contributed by atoms with E-state index in [1.54, 1.807) is 4.90 Å². The van der Waals surface area contributed by atoms with Crippen molar-refractivity contribution in [1.82, 2.24) is 14.7 Å². The Balaban J connectivity index is 1.22. The van der Waals surface area contributed by atoms with Crippen LogP contribution in [0.15, 0.2) is 51.9 Å². The van der Waals surface area contributed by atoms with Gasteiger partial charge in [0.25, 0.3) is 5.91 Å². The number of hydrogen-bond acceptors (Lipinski definition) is 6. The second-order valence-corrected chi connectivity index (χ2v) is 8.34. The van der Waals surface area contributed by atoms with Crippen molar-refractivity contribution in [1.29, 1.82) is 0 Å². The maximum absolute atomic E-state index is 12.5. The average Bonchev–Trinajstić information content (AvgIpc) is 2.80. The zero-order chi connectivity index (χ0) is 21.5. The standard InChI is InChI=1S/C24H31N3O4/c28-22-15-21(17-25-9-5-2-6-10-25)30-18-23(22)31-19-24(29)27-13-11-26(12-14-27)16-20-7-3-1-4-8-20/h1,3-4,7-8,15,18H,2,5-6,9-14,16-17,19H2. The van der Waals surface area contributed by atoms with Gasteiger partial charge in [-0.15, -0.1) is 0 Å². The van der Waals surface area contributed by atoms with Gasteiger partial charge in [-0.2, -0.15) is 0 Å². The number of likely N-dealkylation sites (tertiary alicyclic amines) is 1. The van der Waals surface area contributed by atoms with E-state index >= 15 is 0 Å². The molecule has 166 valence electrons. The number of hydrogen-bond donors (Lipinski definition) is 0. The molecule has 0 N–H and O–H groups in total. The van der Waals surface area contributed by atoms with E-state index in [9.17, 15) is 9.59 Å². The molecule has 2 fully saturated rings. The Bertz CT molecular complexity index is 901. The number of nitrogens with zero attached hydrogens (tertiary/aromatic N) is 3. The molecule has 1 aromatic heterocycles. The summed E-state index contributed by atoms with van der Waals surface area (Å²) in [5.74, 6) is 0.634. The molecule has 4 rings (SSSR count). The Kier molecular flexibility index (Phi) is 7.38. The van der Waals surface area contributed by atoms with Crippen molar-refractivity contribution in [3.05, 3.63) is 64.2 Å². The Morgan fingerprint density at radius 3 is 2.32 bits per heavy atom. The monoisotopic (exact) mass is 425 g/mol. The van der Waals surface area contributed by atoms with Gasteiger partial charge in [0.2, 0.25) is 11.2 Å². The van der Waals surface area contributed by atoms with Crippen LogP contribution in [-0.4, -0.2) is 66.5 Å². The SMILES string of the molecule is O=C(COc1coc(CN2CCCCC2)cc1=O)N1CCN(Cc2ccccc2)CC1. The Morgan fingerprint density at radius 2 is 1.61 bits per heavy atom. The highest BCUT2D eigenvalue weighted by Crippen LogP contribution is 2.14. The van der Waals surface area contributed by atoms with Gasteiger partial charge < -0.3 is 14.1 Å². The molecule has 2 aromatic rings. The second-order valence-electron chi connectivity index (χ2n) is 8.34. The molecule has 31 heavy (non-hydrogen) atoms. The molecule has 1 amide bonds. The summed E-state index contributed by atoms with van der Waals surface area (Å²) >= 11 is 0. The molecule has 2 aliphatic heterocycles. The molecule has 7 heteroatoms. The van der Waals surface area contributed by atoms with Crippen LogP contribution in [0.3, 0.4) is 0 Å². The zero-order valence-corrected chi connectivity index (χ0v) is 18.0. The van der Waals surface area contributed by atoms with Crippen LogP contribution in [0.5, 0.6) is 5.75 Å². The van der Waals surface area contributed by atoms with Gasteiger partial charge >= 0.3 is 0 Å². The van der Waals surface area contributed by atoms with Crippen LogP contribution in [0.25, 0.3) is 0 Å². The van der Waals surface area contributed by atoms with Crippen LogP contribution < -0.4 is 10.2 Å². The van der Waals surface area contributed by atoms with Gasteiger partial charge in [0.05, 0.1) is 6.54 Å². The molecule has 7 nitrogen and oxygen atoms in total. The number of carbonyl (C=O) groups excluding carboxylic acids is 1. The minimum absolute atomic E-state index is 0.0958. The van der Waals surface area contributed by atoms with Crippen LogP contribution in [0.2, 0.25) is 0 Å². The molecule has 0 unspecified atom stereocenters. The summed E-state index contributed by atoms with van der Waals surface area (Å²) in [5, 5.41) is 0. The van der Waals surface area contributed by atoms with E-state index in [0.29, 0.717) is 25.4 Å². The predicted octanol–water partition coefficient (Wildman–Crippen LogP) is 2.35. The molecule has 0 radical (unpaired) electrons. The van der Waals surface area contributed by atoms with Crippen molar-refractivity contribution < 1.29 is 13.9 Å². The van der Waals surface area contributed by atoms with Gasteiger partial charge in [-0.1, -0.05) is 36.8 Å². The third-order valence-corrected chi connectivity index (χ3v) is 6.01. The number of piperidine rings is 1. The highest BCUT2D eigenvalue weighted by molar-refractivity contribution is 5.77. The van der Waals surface area contributed by atoms with Crippen LogP contribution in [0.1, 0.15) is 30.6 Å². The Hall–Kier alpha value is -2.64. The smallest absolute Gasteiger partial charge is 0.260 e. The Labute approximate surface area is 183 Å². The minimum atomic E-state index is -0.237. The third kappa shape index (κ3) is 6.18. The van der Waals surface area contributed by atoms with Crippen LogP contribution in [-0.2, 0) is 17.9 Å². The lowest BCUT2D eigenvalue weighted by Crippen LogP contribution is -2.49. The van der Waals surface area contributed by atoms with E-state index in [1.165, 1.54) is 37.2 Å². The van der Waals surface area contributed by atoms with Gasteiger partial charge in [0, 0.05) is 38.8 Å². The van der Waals surface area contributed by atoms with Crippen molar-refractivity contribution in [2.24, 2.45) is 0 Å². The summed E-state index contributed by atoms with van der Waals surface area (Å²) in [7, 11) is 0.